The lowest BCUT2D eigenvalue weighted by atomic mass is 10.0. The van der Waals surface area contributed by atoms with E-state index in [0.717, 1.165) is 115 Å². The molecule has 5 atom stereocenters. The summed E-state index contributed by atoms with van der Waals surface area (Å²) in [6.45, 7) is 7.23. The molecule has 0 heterocycles. The van der Waals surface area contributed by atoms with Gasteiger partial charge in [0.15, 0.2) is 12.2 Å². The van der Waals surface area contributed by atoms with Crippen LogP contribution in [0.2, 0.25) is 0 Å². The molecule has 0 aliphatic heterocycles. The van der Waals surface area contributed by atoms with Gasteiger partial charge in [-0.2, -0.15) is 0 Å². The fourth-order valence-corrected chi connectivity index (χ4v) is 12.9. The average Bonchev–Trinajstić information content (AvgIpc) is 1.44. The van der Waals surface area contributed by atoms with Gasteiger partial charge in [0.1, 0.15) is 19.3 Å². The first-order chi connectivity index (χ1) is 46.5. The summed E-state index contributed by atoms with van der Waals surface area (Å²) in [5, 5.41) is 10.6. The number of aliphatic hydroxyl groups excluding tert-OH is 1. The number of rotatable bonds is 75. The number of unbranched alkanes of at least 4 members (excludes halogenated alkanes) is 44. The molecule has 0 saturated heterocycles. The van der Waals surface area contributed by atoms with E-state index in [4.69, 9.17) is 37.0 Å². The fourth-order valence-electron chi connectivity index (χ4n) is 11.3. The topological polar surface area (TPSA) is 237 Å². The van der Waals surface area contributed by atoms with Gasteiger partial charge in [-0.05, 0) is 57.3 Å². The van der Waals surface area contributed by atoms with E-state index in [-0.39, 0.29) is 25.7 Å². The zero-order valence-corrected chi connectivity index (χ0v) is 63.8. The van der Waals surface area contributed by atoms with Crippen molar-refractivity contribution in [3.63, 3.8) is 0 Å². The second kappa shape index (κ2) is 69.6. The van der Waals surface area contributed by atoms with Crippen molar-refractivity contribution < 1.29 is 80.2 Å². The van der Waals surface area contributed by atoms with Crippen LogP contribution in [0.15, 0.2) is 24.3 Å². The van der Waals surface area contributed by atoms with Gasteiger partial charge in [-0.15, -0.1) is 0 Å². The van der Waals surface area contributed by atoms with E-state index >= 15 is 0 Å². The highest BCUT2D eigenvalue weighted by molar-refractivity contribution is 7.47. The molecule has 566 valence electrons. The van der Waals surface area contributed by atoms with Crippen LogP contribution in [0.1, 0.15) is 381 Å². The fraction of sp³-hybridized carbons (Fsp3) is 0.896. The van der Waals surface area contributed by atoms with Crippen LogP contribution < -0.4 is 0 Å². The summed E-state index contributed by atoms with van der Waals surface area (Å²) >= 11 is 0. The number of phosphoric acid groups is 2. The van der Waals surface area contributed by atoms with Crippen LogP contribution in [0.5, 0.6) is 0 Å². The highest BCUT2D eigenvalue weighted by Gasteiger charge is 2.30. The van der Waals surface area contributed by atoms with Crippen LogP contribution in [-0.4, -0.2) is 96.7 Å². The summed E-state index contributed by atoms with van der Waals surface area (Å²) in [4.78, 5) is 72.8. The van der Waals surface area contributed by atoms with Crippen LogP contribution in [0.3, 0.4) is 0 Å². The Bertz CT molecular complexity index is 1930. The van der Waals surface area contributed by atoms with E-state index in [1.54, 1.807) is 0 Å². The highest BCUT2D eigenvalue weighted by atomic mass is 31.2. The van der Waals surface area contributed by atoms with Crippen LogP contribution in [0, 0.1) is 5.92 Å². The lowest BCUT2D eigenvalue weighted by Gasteiger charge is -2.21. The first-order valence-corrected chi connectivity index (χ1v) is 42.4. The van der Waals surface area contributed by atoms with Crippen LogP contribution in [0.4, 0.5) is 0 Å². The van der Waals surface area contributed by atoms with Crippen molar-refractivity contribution in [1.82, 2.24) is 0 Å². The standard InChI is InChI=1S/C77H146O17P2/c1-6-9-12-15-18-21-23-25-27-29-33-37-41-46-51-56-61-75(80)88-67-73(94-77(82)63-58-53-48-43-39-35-31-30-32-36-40-44-49-54-59-70(4)5)69-92-96(85,86)90-65-71(78)64-89-95(83,84)91-68-72(66-87-74(79)60-55-50-45-20-17-14-11-8-3)93-76(81)62-57-52-47-42-38-34-28-26-24-22-19-16-13-10-7-2/h22,24,26,28,70-73,78H,6-21,23,25,27,29-69H2,1-5H3,(H,83,84)(H,85,86)/b24-22-,28-26-/t71-,72+,73+/m0/s1. The maximum Gasteiger partial charge on any atom is 0.472 e. The van der Waals surface area contributed by atoms with Crippen molar-refractivity contribution >= 4 is 39.5 Å². The molecule has 0 aromatic carbocycles. The Morgan fingerprint density at radius 1 is 0.323 bits per heavy atom. The quantitative estimate of drug-likeness (QED) is 0.0169. The Labute approximate surface area is 586 Å². The molecule has 0 saturated carbocycles. The Morgan fingerprint density at radius 3 is 0.854 bits per heavy atom. The Kier molecular flexibility index (Phi) is 67.8. The molecule has 17 nitrogen and oxygen atoms in total. The van der Waals surface area contributed by atoms with Gasteiger partial charge in [-0.25, -0.2) is 9.13 Å². The Balaban J connectivity index is 5.25. The summed E-state index contributed by atoms with van der Waals surface area (Å²) in [5.74, 6) is -1.35. The minimum absolute atomic E-state index is 0.0851. The SMILES string of the molecule is CCCCCC/C=C\C=C/CCCCCCCC(=O)O[C@H](COC(=O)CCCCCCCCCC)COP(=O)(O)OC[C@H](O)COP(=O)(O)OC[C@@H](COC(=O)CCCCCCCCCCCCCCCCCC)OC(=O)CCCCCCCCCCCCCCCCC(C)C. The lowest BCUT2D eigenvalue weighted by Crippen LogP contribution is -2.30. The van der Waals surface area contributed by atoms with Crippen molar-refractivity contribution in [3.05, 3.63) is 24.3 Å². The Morgan fingerprint density at radius 2 is 0.562 bits per heavy atom. The van der Waals surface area contributed by atoms with Gasteiger partial charge in [0.25, 0.3) is 0 Å². The maximum absolute atomic E-state index is 13.1. The van der Waals surface area contributed by atoms with Crippen LogP contribution in [0.25, 0.3) is 0 Å². The predicted molar refractivity (Wildman–Crippen MR) is 391 cm³/mol. The molecule has 0 aliphatic carbocycles. The zero-order valence-electron chi connectivity index (χ0n) is 62.0. The summed E-state index contributed by atoms with van der Waals surface area (Å²) in [6, 6.07) is 0. The van der Waals surface area contributed by atoms with Gasteiger partial charge >= 0.3 is 39.5 Å². The number of carbonyl (C=O) groups excluding carboxylic acids is 4. The van der Waals surface area contributed by atoms with E-state index < -0.39 is 97.5 Å². The molecule has 0 spiro atoms. The van der Waals surface area contributed by atoms with E-state index in [0.29, 0.717) is 25.7 Å². The van der Waals surface area contributed by atoms with Crippen molar-refractivity contribution in [2.45, 2.75) is 400 Å². The summed E-state index contributed by atoms with van der Waals surface area (Å²) < 4.78 is 68.5. The maximum atomic E-state index is 13.1. The predicted octanol–water partition coefficient (Wildman–Crippen LogP) is 22.4. The van der Waals surface area contributed by atoms with Crippen LogP contribution in [-0.2, 0) is 65.4 Å². The summed E-state index contributed by atoms with van der Waals surface area (Å²) in [6.07, 6.45) is 61.8. The third-order valence-electron chi connectivity index (χ3n) is 17.4. The molecule has 3 N–H and O–H groups in total. The number of phosphoric ester groups is 2. The number of allylic oxidation sites excluding steroid dienone is 4. The monoisotopic (exact) mass is 1410 g/mol. The van der Waals surface area contributed by atoms with Gasteiger partial charge in [-0.1, -0.05) is 329 Å². The zero-order chi connectivity index (χ0) is 70.5. The molecular formula is C77H146O17P2. The van der Waals surface area contributed by atoms with Crippen molar-refractivity contribution in [2.24, 2.45) is 5.92 Å². The lowest BCUT2D eigenvalue weighted by molar-refractivity contribution is -0.161. The average molecular weight is 1410 g/mol. The van der Waals surface area contributed by atoms with E-state index in [9.17, 15) is 43.2 Å². The molecule has 0 aliphatic rings. The molecule has 19 heteroatoms. The molecular weight excluding hydrogens is 1260 g/mol. The summed E-state index contributed by atoms with van der Waals surface area (Å²) in [5.41, 5.74) is 0. The third-order valence-corrected chi connectivity index (χ3v) is 19.3. The molecule has 0 bridgehead atoms. The van der Waals surface area contributed by atoms with Gasteiger partial charge in [0.2, 0.25) is 0 Å². The second-order valence-electron chi connectivity index (χ2n) is 27.5. The van der Waals surface area contributed by atoms with Gasteiger partial charge in [0, 0.05) is 25.7 Å². The highest BCUT2D eigenvalue weighted by Crippen LogP contribution is 2.45. The van der Waals surface area contributed by atoms with Crippen molar-refractivity contribution in [2.75, 3.05) is 39.6 Å². The van der Waals surface area contributed by atoms with E-state index in [1.165, 1.54) is 186 Å². The number of carbonyl (C=O) groups is 4. The first kappa shape index (κ1) is 93.5. The molecule has 0 amide bonds. The number of ether oxygens (including phenoxy) is 4. The normalized spacial score (nSPS) is 14.1. The van der Waals surface area contributed by atoms with Gasteiger partial charge in [0.05, 0.1) is 26.4 Å². The van der Waals surface area contributed by atoms with Crippen LogP contribution >= 0.6 is 15.6 Å². The molecule has 0 aromatic rings. The molecule has 0 radical (unpaired) electrons. The largest absolute Gasteiger partial charge is 0.472 e. The summed E-state index contributed by atoms with van der Waals surface area (Å²) in [7, 11) is -9.92. The van der Waals surface area contributed by atoms with E-state index in [1.807, 2.05) is 0 Å². The Hall–Kier alpha value is -2.46. The minimum atomic E-state index is -4.96. The van der Waals surface area contributed by atoms with Gasteiger partial charge < -0.3 is 33.8 Å². The number of esters is 4. The van der Waals surface area contributed by atoms with Crippen molar-refractivity contribution in [3.8, 4) is 0 Å². The molecule has 0 fully saturated rings. The number of hydrogen-bond donors (Lipinski definition) is 3. The number of hydrogen-bond acceptors (Lipinski definition) is 15. The third kappa shape index (κ3) is 70.0. The molecule has 0 aromatic heterocycles. The second-order valence-corrected chi connectivity index (χ2v) is 30.4. The van der Waals surface area contributed by atoms with Gasteiger partial charge in [-0.3, -0.25) is 37.3 Å². The molecule has 96 heavy (non-hydrogen) atoms. The van der Waals surface area contributed by atoms with Crippen molar-refractivity contribution in [1.29, 1.82) is 0 Å². The number of aliphatic hydroxyl groups is 1. The smallest absolute Gasteiger partial charge is 0.462 e. The minimum Gasteiger partial charge on any atom is -0.462 e. The molecule has 0 rings (SSSR count). The first-order valence-electron chi connectivity index (χ1n) is 39.5. The molecule has 2 unspecified atom stereocenters. The van der Waals surface area contributed by atoms with E-state index in [2.05, 4.69) is 58.9 Å².